The largest absolute Gasteiger partial charge is 0.482 e. The van der Waals surface area contributed by atoms with E-state index in [0.717, 1.165) is 11.4 Å². The van der Waals surface area contributed by atoms with Crippen LogP contribution >= 0.6 is 0 Å². The van der Waals surface area contributed by atoms with Crippen LogP contribution in [0.2, 0.25) is 0 Å². The van der Waals surface area contributed by atoms with Crippen LogP contribution in [-0.4, -0.2) is 35.6 Å². The molecular formula is C22H21N3O5. The van der Waals surface area contributed by atoms with Gasteiger partial charge in [0.1, 0.15) is 11.4 Å². The minimum atomic E-state index is -0.719. The Labute approximate surface area is 173 Å². The molecule has 1 heterocycles. The molecule has 0 fully saturated rings. The van der Waals surface area contributed by atoms with Crippen LogP contribution in [0.5, 0.6) is 5.75 Å². The van der Waals surface area contributed by atoms with Crippen molar-refractivity contribution in [2.75, 3.05) is 18.5 Å². The Bertz CT molecular complexity index is 1010. The predicted molar refractivity (Wildman–Crippen MR) is 111 cm³/mol. The van der Waals surface area contributed by atoms with E-state index in [0.29, 0.717) is 11.4 Å². The lowest BCUT2D eigenvalue weighted by atomic mass is 10.2. The molecule has 3 rings (SSSR count). The molecule has 2 amide bonds. The quantitative estimate of drug-likeness (QED) is 0.557. The van der Waals surface area contributed by atoms with Crippen molar-refractivity contribution in [2.45, 2.75) is 0 Å². The molecule has 0 saturated heterocycles. The number of para-hydroxylation sites is 1. The number of benzene rings is 2. The van der Waals surface area contributed by atoms with Gasteiger partial charge in [-0.05, 0) is 48.5 Å². The SMILES string of the molecule is Cn1cccc1C(=O)NC(=O)COC(=O)COc1ccc(Nc2ccccc2)cc1. The van der Waals surface area contributed by atoms with Crippen molar-refractivity contribution >= 4 is 29.2 Å². The third kappa shape index (κ3) is 5.96. The number of anilines is 2. The van der Waals surface area contributed by atoms with Crippen LogP contribution in [0.25, 0.3) is 0 Å². The van der Waals surface area contributed by atoms with E-state index in [1.807, 2.05) is 42.5 Å². The third-order valence-electron chi connectivity index (χ3n) is 4.07. The van der Waals surface area contributed by atoms with Crippen molar-refractivity contribution in [3.8, 4) is 5.75 Å². The number of aromatic nitrogens is 1. The molecule has 1 aromatic heterocycles. The van der Waals surface area contributed by atoms with Gasteiger partial charge in [-0.2, -0.15) is 0 Å². The topological polar surface area (TPSA) is 98.7 Å². The predicted octanol–water partition coefficient (Wildman–Crippen LogP) is 2.65. The van der Waals surface area contributed by atoms with Crippen LogP contribution in [0.15, 0.2) is 72.9 Å². The van der Waals surface area contributed by atoms with Gasteiger partial charge in [-0.1, -0.05) is 18.2 Å². The molecule has 0 aliphatic heterocycles. The molecule has 0 aliphatic rings. The van der Waals surface area contributed by atoms with E-state index in [1.165, 1.54) is 0 Å². The number of nitrogens with one attached hydrogen (secondary N) is 2. The average molecular weight is 407 g/mol. The van der Waals surface area contributed by atoms with E-state index in [2.05, 4.69) is 10.6 Å². The Morgan fingerprint density at radius 1 is 0.867 bits per heavy atom. The zero-order chi connectivity index (χ0) is 21.3. The fraction of sp³-hybridized carbons (Fsp3) is 0.136. The van der Waals surface area contributed by atoms with Crippen molar-refractivity contribution in [3.63, 3.8) is 0 Å². The third-order valence-corrected chi connectivity index (χ3v) is 4.07. The second-order valence-electron chi connectivity index (χ2n) is 6.35. The zero-order valence-electron chi connectivity index (χ0n) is 16.3. The fourth-order valence-corrected chi connectivity index (χ4v) is 2.58. The van der Waals surface area contributed by atoms with Crippen LogP contribution in [0.4, 0.5) is 11.4 Å². The van der Waals surface area contributed by atoms with Gasteiger partial charge in [0.2, 0.25) is 0 Å². The fourth-order valence-electron chi connectivity index (χ4n) is 2.58. The molecule has 2 N–H and O–H groups in total. The minimum Gasteiger partial charge on any atom is -0.482 e. The molecule has 0 radical (unpaired) electrons. The lowest BCUT2D eigenvalue weighted by Gasteiger charge is -2.09. The molecule has 8 heteroatoms. The number of ether oxygens (including phenoxy) is 2. The van der Waals surface area contributed by atoms with E-state index in [1.54, 1.807) is 42.1 Å². The Kier molecular flexibility index (Phi) is 6.83. The minimum absolute atomic E-state index is 0.322. The monoisotopic (exact) mass is 407 g/mol. The number of carbonyl (C=O) groups excluding carboxylic acids is 3. The van der Waals surface area contributed by atoms with Gasteiger partial charge in [0.25, 0.3) is 11.8 Å². The number of hydrogen-bond acceptors (Lipinski definition) is 6. The first kappa shape index (κ1) is 20.7. The molecule has 0 aliphatic carbocycles. The normalized spacial score (nSPS) is 10.2. The molecule has 0 bridgehead atoms. The maximum atomic E-state index is 11.9. The number of rotatable bonds is 8. The van der Waals surface area contributed by atoms with Gasteiger partial charge in [-0.25, -0.2) is 4.79 Å². The molecule has 3 aromatic rings. The Morgan fingerprint density at radius 3 is 2.23 bits per heavy atom. The van der Waals surface area contributed by atoms with E-state index in [-0.39, 0.29) is 6.61 Å². The Morgan fingerprint density at radius 2 is 1.57 bits per heavy atom. The number of nitrogens with zero attached hydrogens (tertiary/aromatic N) is 1. The summed E-state index contributed by atoms with van der Waals surface area (Å²) in [6.07, 6.45) is 1.68. The van der Waals surface area contributed by atoms with E-state index in [9.17, 15) is 14.4 Å². The number of carbonyl (C=O) groups is 3. The highest BCUT2D eigenvalue weighted by Gasteiger charge is 2.14. The van der Waals surface area contributed by atoms with Crippen LogP contribution in [-0.2, 0) is 21.4 Å². The first-order valence-electron chi connectivity index (χ1n) is 9.17. The van der Waals surface area contributed by atoms with Crippen LogP contribution in [0.1, 0.15) is 10.5 Å². The molecule has 0 saturated carbocycles. The summed E-state index contributed by atoms with van der Waals surface area (Å²) in [7, 11) is 1.68. The van der Waals surface area contributed by atoms with Gasteiger partial charge in [0.15, 0.2) is 13.2 Å². The highest BCUT2D eigenvalue weighted by Crippen LogP contribution is 2.19. The lowest BCUT2D eigenvalue weighted by Crippen LogP contribution is -2.35. The van der Waals surface area contributed by atoms with Crippen molar-refractivity contribution in [1.82, 2.24) is 9.88 Å². The lowest BCUT2D eigenvalue weighted by molar-refractivity contribution is -0.150. The summed E-state index contributed by atoms with van der Waals surface area (Å²) in [5.41, 5.74) is 2.15. The van der Waals surface area contributed by atoms with Crippen LogP contribution in [0.3, 0.4) is 0 Å². The summed E-state index contributed by atoms with van der Waals surface area (Å²) in [4.78, 5) is 35.4. The molecule has 0 atom stereocenters. The summed E-state index contributed by atoms with van der Waals surface area (Å²) in [5.74, 6) is -1.52. The summed E-state index contributed by atoms with van der Waals surface area (Å²) in [5, 5.41) is 5.39. The highest BCUT2D eigenvalue weighted by molar-refractivity contribution is 6.04. The van der Waals surface area contributed by atoms with E-state index in [4.69, 9.17) is 9.47 Å². The van der Waals surface area contributed by atoms with E-state index >= 15 is 0 Å². The maximum Gasteiger partial charge on any atom is 0.344 e. The smallest absolute Gasteiger partial charge is 0.344 e. The number of amides is 2. The maximum absolute atomic E-state index is 11.9. The van der Waals surface area contributed by atoms with E-state index < -0.39 is 24.4 Å². The van der Waals surface area contributed by atoms with Gasteiger partial charge in [0, 0.05) is 24.6 Å². The standard InChI is InChI=1S/C22H21N3O5/c1-25-13-5-8-19(25)22(28)24-20(26)14-30-21(27)15-29-18-11-9-17(10-12-18)23-16-6-3-2-4-7-16/h2-13,23H,14-15H2,1H3,(H,24,26,28). The number of esters is 1. The first-order valence-corrected chi connectivity index (χ1v) is 9.17. The molecule has 30 heavy (non-hydrogen) atoms. The molecule has 8 nitrogen and oxygen atoms in total. The Hall–Kier alpha value is -4.07. The average Bonchev–Trinajstić information content (AvgIpc) is 3.18. The van der Waals surface area contributed by atoms with Crippen molar-refractivity contribution in [2.24, 2.45) is 7.05 Å². The van der Waals surface area contributed by atoms with Crippen molar-refractivity contribution < 1.29 is 23.9 Å². The first-order chi connectivity index (χ1) is 14.5. The highest BCUT2D eigenvalue weighted by atomic mass is 16.6. The Balaban J connectivity index is 1.38. The molecule has 154 valence electrons. The van der Waals surface area contributed by atoms with Gasteiger partial charge >= 0.3 is 5.97 Å². The zero-order valence-corrected chi connectivity index (χ0v) is 16.3. The van der Waals surface area contributed by atoms with Gasteiger partial charge in [0.05, 0.1) is 0 Å². The van der Waals surface area contributed by atoms with Crippen LogP contribution < -0.4 is 15.4 Å². The summed E-state index contributed by atoms with van der Waals surface area (Å²) < 4.78 is 11.8. The van der Waals surface area contributed by atoms with Gasteiger partial charge in [-0.15, -0.1) is 0 Å². The summed E-state index contributed by atoms with van der Waals surface area (Å²) >= 11 is 0. The number of imide groups is 1. The molecular weight excluding hydrogens is 386 g/mol. The molecule has 2 aromatic carbocycles. The molecule has 0 spiro atoms. The van der Waals surface area contributed by atoms with Crippen molar-refractivity contribution in [3.05, 3.63) is 78.6 Å². The van der Waals surface area contributed by atoms with Crippen molar-refractivity contribution in [1.29, 1.82) is 0 Å². The van der Waals surface area contributed by atoms with Gasteiger partial charge in [-0.3, -0.25) is 14.9 Å². The number of hydrogen-bond donors (Lipinski definition) is 2. The summed E-state index contributed by atoms with van der Waals surface area (Å²) in [6.45, 7) is -0.928. The second-order valence-corrected chi connectivity index (χ2v) is 6.35. The second kappa shape index (κ2) is 9.92. The molecule has 0 unspecified atom stereocenters. The van der Waals surface area contributed by atoms with Crippen LogP contribution in [0, 0.1) is 0 Å². The number of aryl methyl sites for hydroxylation is 1. The van der Waals surface area contributed by atoms with Gasteiger partial charge < -0.3 is 19.4 Å². The summed E-state index contributed by atoms with van der Waals surface area (Å²) in [6, 6.07) is 20.0.